The van der Waals surface area contributed by atoms with Gasteiger partial charge in [-0.3, -0.25) is 0 Å². The van der Waals surface area contributed by atoms with Crippen molar-refractivity contribution in [1.82, 2.24) is 5.32 Å². The summed E-state index contributed by atoms with van der Waals surface area (Å²) in [5.41, 5.74) is 1.22. The Morgan fingerprint density at radius 3 is 2.87 bits per heavy atom. The van der Waals surface area contributed by atoms with E-state index < -0.39 is 0 Å². The van der Waals surface area contributed by atoms with Crippen molar-refractivity contribution in [2.75, 3.05) is 6.61 Å². The van der Waals surface area contributed by atoms with Crippen molar-refractivity contribution >= 4 is 11.6 Å². The maximum atomic E-state index is 6.09. The number of halogens is 1. The van der Waals surface area contributed by atoms with Crippen LogP contribution in [0.1, 0.15) is 25.3 Å². The van der Waals surface area contributed by atoms with Gasteiger partial charge in [0.05, 0.1) is 11.6 Å². The first-order valence-corrected chi connectivity index (χ1v) is 5.82. The highest BCUT2D eigenvalue weighted by molar-refractivity contribution is 6.32. The summed E-state index contributed by atoms with van der Waals surface area (Å²) in [4.78, 5) is 0. The van der Waals surface area contributed by atoms with Crippen LogP contribution < -0.4 is 10.1 Å². The smallest absolute Gasteiger partial charge is 0.137 e. The lowest BCUT2D eigenvalue weighted by molar-refractivity contribution is 0.340. The molecule has 1 N–H and O–H groups in total. The van der Waals surface area contributed by atoms with Gasteiger partial charge in [0.25, 0.3) is 0 Å². The predicted molar refractivity (Wildman–Crippen MR) is 62.5 cm³/mol. The van der Waals surface area contributed by atoms with E-state index in [0.717, 1.165) is 18.3 Å². The highest BCUT2D eigenvalue weighted by Crippen LogP contribution is 2.26. The van der Waals surface area contributed by atoms with Crippen LogP contribution in [0.2, 0.25) is 5.02 Å². The van der Waals surface area contributed by atoms with Crippen LogP contribution in [-0.4, -0.2) is 12.6 Å². The van der Waals surface area contributed by atoms with Crippen molar-refractivity contribution in [2.24, 2.45) is 0 Å². The Labute approximate surface area is 95.6 Å². The van der Waals surface area contributed by atoms with Gasteiger partial charge in [-0.15, -0.1) is 0 Å². The van der Waals surface area contributed by atoms with Crippen molar-refractivity contribution < 1.29 is 4.74 Å². The summed E-state index contributed by atoms with van der Waals surface area (Å²) >= 11 is 6.09. The predicted octanol–water partition coefficient (Wildman–Crippen LogP) is 2.99. The largest absolute Gasteiger partial charge is 0.492 e. The second-order valence-corrected chi connectivity index (χ2v) is 4.26. The van der Waals surface area contributed by atoms with Crippen molar-refractivity contribution in [3.05, 3.63) is 28.8 Å². The molecule has 0 radical (unpaired) electrons. The van der Waals surface area contributed by atoms with E-state index >= 15 is 0 Å². The molecule has 0 saturated heterocycles. The molecule has 0 heterocycles. The van der Waals surface area contributed by atoms with Crippen LogP contribution in [0.4, 0.5) is 0 Å². The van der Waals surface area contributed by atoms with Crippen molar-refractivity contribution in [3.8, 4) is 5.75 Å². The van der Waals surface area contributed by atoms with Gasteiger partial charge in [0.2, 0.25) is 0 Å². The summed E-state index contributed by atoms with van der Waals surface area (Å²) in [5.74, 6) is 0.773. The second-order valence-electron chi connectivity index (χ2n) is 3.85. The minimum absolute atomic E-state index is 0.652. The molecule has 2 rings (SSSR count). The Balaban J connectivity index is 1.96. The molecule has 15 heavy (non-hydrogen) atoms. The zero-order chi connectivity index (χ0) is 10.7. The van der Waals surface area contributed by atoms with Crippen LogP contribution >= 0.6 is 11.6 Å². The van der Waals surface area contributed by atoms with Crippen molar-refractivity contribution in [2.45, 2.75) is 32.4 Å². The maximum absolute atomic E-state index is 6.09. The van der Waals surface area contributed by atoms with Gasteiger partial charge >= 0.3 is 0 Å². The average Bonchev–Trinajstić information content (AvgIpc) is 3.03. The Morgan fingerprint density at radius 1 is 1.47 bits per heavy atom. The van der Waals surface area contributed by atoms with Gasteiger partial charge in [-0.05, 0) is 37.5 Å². The first-order valence-electron chi connectivity index (χ1n) is 5.44. The normalized spacial score (nSPS) is 15.3. The molecule has 3 heteroatoms. The van der Waals surface area contributed by atoms with E-state index in [1.54, 1.807) is 0 Å². The molecule has 0 bridgehead atoms. The average molecular weight is 226 g/mol. The number of ether oxygens (including phenoxy) is 1. The molecule has 0 aromatic heterocycles. The summed E-state index contributed by atoms with van der Waals surface area (Å²) in [5, 5.41) is 4.15. The molecular weight excluding hydrogens is 210 g/mol. The van der Waals surface area contributed by atoms with E-state index in [-0.39, 0.29) is 0 Å². The number of hydrogen-bond donors (Lipinski definition) is 1. The molecule has 0 unspecified atom stereocenters. The van der Waals surface area contributed by atoms with Gasteiger partial charge in [0.15, 0.2) is 0 Å². The van der Waals surface area contributed by atoms with Gasteiger partial charge in [0, 0.05) is 12.6 Å². The van der Waals surface area contributed by atoms with Crippen LogP contribution in [0.15, 0.2) is 18.2 Å². The van der Waals surface area contributed by atoms with Crippen LogP contribution in [0.25, 0.3) is 0 Å². The summed E-state index contributed by atoms with van der Waals surface area (Å²) in [6.07, 6.45) is 2.62. The van der Waals surface area contributed by atoms with Gasteiger partial charge in [-0.25, -0.2) is 0 Å². The fraction of sp³-hybridized carbons (Fsp3) is 0.500. The maximum Gasteiger partial charge on any atom is 0.137 e. The highest BCUT2D eigenvalue weighted by atomic mass is 35.5. The molecule has 1 aromatic rings. The zero-order valence-corrected chi connectivity index (χ0v) is 9.68. The number of rotatable bonds is 5. The minimum Gasteiger partial charge on any atom is -0.492 e. The highest BCUT2D eigenvalue weighted by Gasteiger charge is 2.19. The molecule has 2 nitrogen and oxygen atoms in total. The Bertz CT molecular complexity index is 336. The van der Waals surface area contributed by atoms with E-state index in [1.807, 2.05) is 19.1 Å². The van der Waals surface area contributed by atoms with Crippen molar-refractivity contribution in [1.29, 1.82) is 0 Å². The van der Waals surface area contributed by atoms with Gasteiger partial charge in [0.1, 0.15) is 5.75 Å². The van der Waals surface area contributed by atoms with Crippen LogP contribution in [0.5, 0.6) is 5.75 Å². The molecule has 1 saturated carbocycles. The van der Waals surface area contributed by atoms with Gasteiger partial charge < -0.3 is 10.1 Å². The summed E-state index contributed by atoms with van der Waals surface area (Å²) in [6.45, 7) is 3.51. The first kappa shape index (κ1) is 10.8. The fourth-order valence-electron chi connectivity index (χ4n) is 1.48. The molecule has 82 valence electrons. The quantitative estimate of drug-likeness (QED) is 0.832. The Morgan fingerprint density at radius 2 is 2.27 bits per heavy atom. The van der Waals surface area contributed by atoms with E-state index in [9.17, 15) is 0 Å². The summed E-state index contributed by atoms with van der Waals surface area (Å²) in [6, 6.07) is 6.71. The summed E-state index contributed by atoms with van der Waals surface area (Å²) < 4.78 is 5.38. The molecule has 1 aromatic carbocycles. The van der Waals surface area contributed by atoms with E-state index in [0.29, 0.717) is 11.6 Å². The van der Waals surface area contributed by atoms with Crippen LogP contribution in [0, 0.1) is 0 Å². The topological polar surface area (TPSA) is 21.3 Å². The third kappa shape index (κ3) is 3.11. The number of benzene rings is 1. The Hall–Kier alpha value is -0.730. The number of hydrogen-bond acceptors (Lipinski definition) is 2. The zero-order valence-electron chi connectivity index (χ0n) is 8.92. The SMILES string of the molecule is CCOc1ccc(CNC2CC2)cc1Cl. The third-order valence-electron chi connectivity index (χ3n) is 2.47. The standard InChI is InChI=1S/C12H16ClNO/c1-2-15-12-6-3-9(7-11(12)13)8-14-10-4-5-10/h3,6-7,10,14H,2,4-5,8H2,1H3. The first-order chi connectivity index (χ1) is 7.29. The second kappa shape index (κ2) is 4.86. The molecule has 0 spiro atoms. The van der Waals surface area contributed by atoms with E-state index in [2.05, 4.69) is 11.4 Å². The lowest BCUT2D eigenvalue weighted by Gasteiger charge is -2.08. The molecule has 0 aliphatic heterocycles. The van der Waals surface area contributed by atoms with E-state index in [4.69, 9.17) is 16.3 Å². The molecule has 1 fully saturated rings. The number of nitrogens with one attached hydrogen (secondary N) is 1. The fourth-order valence-corrected chi connectivity index (χ4v) is 1.73. The van der Waals surface area contributed by atoms with E-state index in [1.165, 1.54) is 18.4 Å². The van der Waals surface area contributed by atoms with Crippen LogP contribution in [-0.2, 0) is 6.54 Å². The molecular formula is C12H16ClNO. The Kier molecular flexibility index (Phi) is 3.49. The minimum atomic E-state index is 0.652. The molecule has 0 amide bonds. The van der Waals surface area contributed by atoms with Gasteiger partial charge in [-0.2, -0.15) is 0 Å². The summed E-state index contributed by atoms with van der Waals surface area (Å²) in [7, 11) is 0. The molecule has 0 atom stereocenters. The monoisotopic (exact) mass is 225 g/mol. The van der Waals surface area contributed by atoms with Gasteiger partial charge in [-0.1, -0.05) is 17.7 Å². The lowest BCUT2D eigenvalue weighted by atomic mass is 10.2. The third-order valence-corrected chi connectivity index (χ3v) is 2.76. The molecule has 1 aliphatic carbocycles. The van der Waals surface area contributed by atoms with Crippen LogP contribution in [0.3, 0.4) is 0 Å². The van der Waals surface area contributed by atoms with Crippen molar-refractivity contribution in [3.63, 3.8) is 0 Å². The lowest BCUT2D eigenvalue weighted by Crippen LogP contribution is -2.15. The molecule has 1 aliphatic rings.